The number of thiophene rings is 1. The number of azide groups is 1. The van der Waals surface area contributed by atoms with Gasteiger partial charge in [0.15, 0.2) is 0 Å². The smallest absolute Gasteiger partial charge is 0.303 e. The van der Waals surface area contributed by atoms with E-state index in [-0.39, 0.29) is 12.5 Å². The van der Waals surface area contributed by atoms with Crippen LogP contribution in [0.3, 0.4) is 0 Å². The van der Waals surface area contributed by atoms with E-state index in [0.717, 1.165) is 4.88 Å². The van der Waals surface area contributed by atoms with Gasteiger partial charge in [-0.05, 0) is 23.4 Å². The molecule has 1 heterocycles. The number of aliphatic carboxylic acids is 1. The third-order valence-corrected chi connectivity index (χ3v) is 2.67. The van der Waals surface area contributed by atoms with Gasteiger partial charge in [0.1, 0.15) is 0 Å². The van der Waals surface area contributed by atoms with Crippen LogP contribution < -0.4 is 0 Å². The largest absolute Gasteiger partial charge is 0.481 e. The van der Waals surface area contributed by atoms with Crippen molar-refractivity contribution in [3.05, 3.63) is 32.8 Å². The van der Waals surface area contributed by atoms with Crippen LogP contribution >= 0.6 is 11.3 Å². The van der Waals surface area contributed by atoms with Gasteiger partial charge in [0.2, 0.25) is 0 Å². The van der Waals surface area contributed by atoms with Crippen molar-refractivity contribution < 1.29 is 9.90 Å². The Labute approximate surface area is 84.6 Å². The lowest BCUT2D eigenvalue weighted by Gasteiger charge is -2.05. The summed E-state index contributed by atoms with van der Waals surface area (Å²) in [5, 5.41) is 13.9. The minimum absolute atomic E-state index is 0.0155. The summed E-state index contributed by atoms with van der Waals surface area (Å²) in [5.74, 6) is -0.875. The number of carboxylic acid groups (broad SMARTS) is 1. The molecular weight excluding hydrogens is 202 g/mol. The van der Waals surface area contributed by atoms with Crippen molar-refractivity contribution in [2.75, 3.05) is 0 Å². The molecule has 1 aromatic heterocycles. The van der Waals surface area contributed by atoms with Gasteiger partial charge in [-0.1, -0.05) is 11.2 Å². The van der Waals surface area contributed by atoms with Crippen molar-refractivity contribution in [2.45, 2.75) is 18.9 Å². The normalized spacial score (nSPS) is 11.7. The van der Waals surface area contributed by atoms with Crippen LogP contribution in [0.1, 0.15) is 23.8 Å². The zero-order chi connectivity index (χ0) is 10.4. The summed E-state index contributed by atoms with van der Waals surface area (Å²) < 4.78 is 0. The first kappa shape index (κ1) is 10.6. The first-order valence-electron chi connectivity index (χ1n) is 4.03. The van der Waals surface area contributed by atoms with Gasteiger partial charge in [0.05, 0.1) is 6.04 Å². The summed E-state index contributed by atoms with van der Waals surface area (Å²) in [5.41, 5.74) is 8.32. The number of carbonyl (C=O) groups is 1. The molecule has 1 unspecified atom stereocenters. The van der Waals surface area contributed by atoms with Crippen LogP contribution in [0.2, 0.25) is 0 Å². The fraction of sp³-hybridized carbons (Fsp3) is 0.375. The number of rotatable bonds is 5. The molecule has 0 aliphatic rings. The topological polar surface area (TPSA) is 86.1 Å². The highest BCUT2D eigenvalue weighted by Crippen LogP contribution is 2.26. The molecule has 0 saturated carbocycles. The molecule has 5 nitrogen and oxygen atoms in total. The van der Waals surface area contributed by atoms with E-state index in [4.69, 9.17) is 10.6 Å². The summed E-state index contributed by atoms with van der Waals surface area (Å²) in [6.45, 7) is 0. The Morgan fingerprint density at radius 2 is 2.57 bits per heavy atom. The second-order valence-corrected chi connectivity index (χ2v) is 3.65. The fourth-order valence-electron chi connectivity index (χ4n) is 1.06. The van der Waals surface area contributed by atoms with Gasteiger partial charge in [-0.15, -0.1) is 11.3 Å². The van der Waals surface area contributed by atoms with Crippen LogP contribution in [0.25, 0.3) is 10.4 Å². The fourth-order valence-corrected chi connectivity index (χ4v) is 1.85. The van der Waals surface area contributed by atoms with Crippen molar-refractivity contribution >= 4 is 17.3 Å². The van der Waals surface area contributed by atoms with Crippen LogP contribution in [-0.4, -0.2) is 11.1 Å². The Bertz CT molecular complexity index is 343. The molecule has 6 heteroatoms. The van der Waals surface area contributed by atoms with E-state index < -0.39 is 5.97 Å². The summed E-state index contributed by atoms with van der Waals surface area (Å²) in [6.07, 6.45) is 0.363. The van der Waals surface area contributed by atoms with E-state index in [2.05, 4.69) is 10.0 Å². The van der Waals surface area contributed by atoms with Gasteiger partial charge in [-0.3, -0.25) is 4.79 Å². The van der Waals surface area contributed by atoms with Crippen LogP contribution in [-0.2, 0) is 4.79 Å². The van der Waals surface area contributed by atoms with Crippen molar-refractivity contribution in [3.8, 4) is 0 Å². The Kier molecular flexibility index (Phi) is 3.97. The average Bonchev–Trinajstić information content (AvgIpc) is 2.64. The van der Waals surface area contributed by atoms with Crippen molar-refractivity contribution in [3.63, 3.8) is 0 Å². The summed E-state index contributed by atoms with van der Waals surface area (Å²) in [7, 11) is 0. The van der Waals surface area contributed by atoms with E-state index in [1.165, 1.54) is 11.3 Å². The lowest BCUT2D eigenvalue weighted by Crippen LogP contribution is -1.99. The van der Waals surface area contributed by atoms with Gasteiger partial charge in [-0.25, -0.2) is 0 Å². The van der Waals surface area contributed by atoms with Crippen LogP contribution in [0.4, 0.5) is 0 Å². The van der Waals surface area contributed by atoms with Gasteiger partial charge in [0, 0.05) is 16.2 Å². The molecular formula is C8H9N3O2S. The lowest BCUT2D eigenvalue weighted by atomic mass is 10.1. The minimum Gasteiger partial charge on any atom is -0.481 e. The molecule has 1 aromatic rings. The quantitative estimate of drug-likeness (QED) is 0.461. The minimum atomic E-state index is -0.875. The highest BCUT2D eigenvalue weighted by atomic mass is 32.1. The molecule has 1 N–H and O–H groups in total. The van der Waals surface area contributed by atoms with Gasteiger partial charge in [-0.2, -0.15) is 0 Å². The molecule has 0 bridgehead atoms. The Morgan fingerprint density at radius 1 is 1.79 bits per heavy atom. The predicted molar refractivity (Wildman–Crippen MR) is 53.1 cm³/mol. The van der Waals surface area contributed by atoms with E-state index in [0.29, 0.717) is 6.42 Å². The molecule has 0 saturated heterocycles. The molecule has 0 spiro atoms. The van der Waals surface area contributed by atoms with Crippen LogP contribution in [0, 0.1) is 0 Å². The summed E-state index contributed by atoms with van der Waals surface area (Å²) in [4.78, 5) is 14.0. The number of nitrogens with zero attached hydrogens (tertiary/aromatic N) is 3. The maximum Gasteiger partial charge on any atom is 0.303 e. The van der Waals surface area contributed by atoms with Gasteiger partial charge in [0.25, 0.3) is 0 Å². The lowest BCUT2D eigenvalue weighted by molar-refractivity contribution is -0.137. The second kappa shape index (κ2) is 5.26. The maximum atomic E-state index is 10.3. The van der Waals surface area contributed by atoms with E-state index >= 15 is 0 Å². The third-order valence-electron chi connectivity index (χ3n) is 1.69. The first-order chi connectivity index (χ1) is 6.74. The Balaban J connectivity index is 2.65. The number of hydrogen-bond donors (Lipinski definition) is 1. The summed E-state index contributed by atoms with van der Waals surface area (Å²) in [6, 6.07) is 3.34. The molecule has 0 amide bonds. The number of hydrogen-bond acceptors (Lipinski definition) is 3. The molecule has 1 rings (SSSR count). The highest BCUT2D eigenvalue weighted by molar-refractivity contribution is 7.10. The maximum absolute atomic E-state index is 10.3. The predicted octanol–water partition coefficient (Wildman–Crippen LogP) is 2.96. The zero-order valence-electron chi connectivity index (χ0n) is 7.33. The first-order valence-corrected chi connectivity index (χ1v) is 4.91. The van der Waals surface area contributed by atoms with E-state index in [1.807, 2.05) is 17.5 Å². The molecule has 0 radical (unpaired) electrons. The second-order valence-electron chi connectivity index (χ2n) is 2.67. The SMILES string of the molecule is [N-]=[N+]=NC(CCC(=O)O)c1cccs1. The Hall–Kier alpha value is -1.52. The van der Waals surface area contributed by atoms with Gasteiger partial charge < -0.3 is 5.11 Å². The molecule has 0 aliphatic heterocycles. The molecule has 1 atom stereocenters. The highest BCUT2D eigenvalue weighted by Gasteiger charge is 2.12. The molecule has 0 aromatic carbocycles. The van der Waals surface area contributed by atoms with Crippen molar-refractivity contribution in [1.29, 1.82) is 0 Å². The summed E-state index contributed by atoms with van der Waals surface area (Å²) >= 11 is 1.46. The standard InChI is InChI=1S/C8H9N3O2S/c9-11-10-6(3-4-8(12)13)7-2-1-5-14-7/h1-2,5-6H,3-4H2,(H,12,13). The Morgan fingerprint density at radius 3 is 3.07 bits per heavy atom. The van der Waals surface area contributed by atoms with Crippen molar-refractivity contribution in [1.82, 2.24) is 0 Å². The van der Waals surface area contributed by atoms with Gasteiger partial charge >= 0.3 is 5.97 Å². The van der Waals surface area contributed by atoms with E-state index in [9.17, 15) is 4.79 Å². The van der Waals surface area contributed by atoms with Crippen LogP contribution in [0.15, 0.2) is 22.6 Å². The monoisotopic (exact) mass is 211 g/mol. The van der Waals surface area contributed by atoms with Crippen LogP contribution in [0.5, 0.6) is 0 Å². The molecule has 74 valence electrons. The average molecular weight is 211 g/mol. The van der Waals surface area contributed by atoms with E-state index in [1.54, 1.807) is 0 Å². The molecule has 0 fully saturated rings. The number of carboxylic acids is 1. The molecule has 14 heavy (non-hydrogen) atoms. The molecule has 0 aliphatic carbocycles. The zero-order valence-corrected chi connectivity index (χ0v) is 8.15. The van der Waals surface area contributed by atoms with Crippen molar-refractivity contribution in [2.24, 2.45) is 5.11 Å². The third kappa shape index (κ3) is 3.08.